The number of nitrogens with zero attached hydrogens (tertiary/aromatic N) is 5. The number of imidazole rings is 1. The van der Waals surface area contributed by atoms with E-state index < -0.39 is 0 Å². The molecule has 0 atom stereocenters. The predicted octanol–water partition coefficient (Wildman–Crippen LogP) is 5.23. The number of aryl methyl sites for hydroxylation is 1. The fourth-order valence-electron chi connectivity index (χ4n) is 3.70. The van der Waals surface area contributed by atoms with E-state index >= 15 is 0 Å². The van der Waals surface area contributed by atoms with Gasteiger partial charge in [-0.3, -0.25) is 0 Å². The van der Waals surface area contributed by atoms with Gasteiger partial charge in [-0.05, 0) is 52.2 Å². The molecule has 2 aromatic carbocycles. The number of tetrazole rings is 1. The van der Waals surface area contributed by atoms with Crippen LogP contribution in [0.2, 0.25) is 5.02 Å². The first-order chi connectivity index (χ1) is 16.2. The van der Waals surface area contributed by atoms with Crippen LogP contribution in [0.3, 0.4) is 0 Å². The average molecular weight is 463 g/mol. The Hall–Kier alpha value is -3.45. The van der Waals surface area contributed by atoms with Crippen molar-refractivity contribution < 1.29 is 4.74 Å². The number of halogens is 1. The summed E-state index contributed by atoms with van der Waals surface area (Å²) >= 11 is 6.48. The molecule has 0 saturated carbocycles. The summed E-state index contributed by atoms with van der Waals surface area (Å²) in [6, 6.07) is 15.9. The molecule has 0 spiro atoms. The van der Waals surface area contributed by atoms with Gasteiger partial charge in [-0.15, -0.1) is 5.10 Å². The fourth-order valence-corrected chi connectivity index (χ4v) is 3.89. The normalized spacial score (nSPS) is 11.7. The van der Waals surface area contributed by atoms with Crippen LogP contribution < -0.4 is 4.74 Å². The number of nitrogens with one attached hydrogen (secondary N) is 1. The highest BCUT2D eigenvalue weighted by molar-refractivity contribution is 6.31. The minimum Gasteiger partial charge on any atom is -0.497 e. The van der Waals surface area contributed by atoms with E-state index in [1.807, 2.05) is 48.7 Å². The minimum absolute atomic E-state index is 0.631. The summed E-state index contributed by atoms with van der Waals surface area (Å²) in [4.78, 5) is 4.74. The lowest BCUT2D eigenvalue weighted by atomic mass is 10.0. The molecule has 0 aliphatic heterocycles. The monoisotopic (exact) mass is 462 g/mol. The van der Waals surface area contributed by atoms with Gasteiger partial charge in [0.25, 0.3) is 0 Å². The Morgan fingerprint density at radius 1 is 1.15 bits per heavy atom. The molecule has 0 saturated heterocycles. The highest BCUT2D eigenvalue weighted by Gasteiger charge is 2.14. The van der Waals surface area contributed by atoms with Crippen LogP contribution in [0.25, 0.3) is 11.6 Å². The third-order valence-electron chi connectivity index (χ3n) is 5.53. The van der Waals surface area contributed by atoms with Gasteiger partial charge in [0.15, 0.2) is 5.82 Å². The van der Waals surface area contributed by atoms with Crippen LogP contribution in [0.15, 0.2) is 54.7 Å². The molecule has 33 heavy (non-hydrogen) atoms. The van der Waals surface area contributed by atoms with Gasteiger partial charge >= 0.3 is 0 Å². The van der Waals surface area contributed by atoms with Gasteiger partial charge in [-0.1, -0.05) is 55.3 Å². The Labute approximate surface area is 198 Å². The number of benzene rings is 2. The van der Waals surface area contributed by atoms with Crippen LogP contribution in [-0.2, 0) is 19.4 Å². The minimum atomic E-state index is 0.631. The summed E-state index contributed by atoms with van der Waals surface area (Å²) in [7, 11) is 1.66. The van der Waals surface area contributed by atoms with E-state index in [1.165, 1.54) is 0 Å². The maximum Gasteiger partial charge on any atom is 0.175 e. The van der Waals surface area contributed by atoms with Crippen molar-refractivity contribution in [2.75, 3.05) is 7.11 Å². The van der Waals surface area contributed by atoms with Crippen molar-refractivity contribution in [2.24, 2.45) is 0 Å². The van der Waals surface area contributed by atoms with Crippen molar-refractivity contribution in [1.82, 2.24) is 30.2 Å². The van der Waals surface area contributed by atoms with E-state index in [0.717, 1.165) is 58.3 Å². The quantitative estimate of drug-likeness (QED) is 0.349. The number of unbranched alkanes of at least 4 members (excludes halogenated alkanes) is 1. The first kappa shape index (κ1) is 22.7. The first-order valence-corrected chi connectivity index (χ1v) is 11.4. The zero-order valence-corrected chi connectivity index (χ0v) is 19.6. The van der Waals surface area contributed by atoms with Gasteiger partial charge < -0.3 is 9.30 Å². The largest absolute Gasteiger partial charge is 0.497 e. The van der Waals surface area contributed by atoms with Crippen LogP contribution in [0, 0.1) is 0 Å². The second-order valence-corrected chi connectivity index (χ2v) is 8.23. The van der Waals surface area contributed by atoms with Gasteiger partial charge in [0, 0.05) is 23.4 Å². The molecule has 7 nitrogen and oxygen atoms in total. The number of methoxy groups -OCH3 is 1. The fraction of sp³-hybridized carbons (Fsp3) is 0.280. The molecular formula is C25H27ClN6O. The van der Waals surface area contributed by atoms with Crippen molar-refractivity contribution in [3.05, 3.63) is 88.2 Å². The van der Waals surface area contributed by atoms with E-state index in [0.29, 0.717) is 18.8 Å². The molecule has 1 N–H and O–H groups in total. The summed E-state index contributed by atoms with van der Waals surface area (Å²) in [5.41, 5.74) is 4.14. The Bertz CT molecular complexity index is 1200. The lowest BCUT2D eigenvalue weighted by Crippen LogP contribution is -2.08. The molecule has 0 aliphatic rings. The predicted molar refractivity (Wildman–Crippen MR) is 130 cm³/mol. The van der Waals surface area contributed by atoms with Gasteiger partial charge in [0.05, 0.1) is 25.5 Å². The Kier molecular flexibility index (Phi) is 7.52. The lowest BCUT2D eigenvalue weighted by Gasteiger charge is -2.13. The number of rotatable bonds is 10. The molecule has 0 bridgehead atoms. The topological polar surface area (TPSA) is 81.5 Å². The number of hydrogen-bond donors (Lipinski definition) is 1. The Balaban J connectivity index is 1.72. The van der Waals surface area contributed by atoms with Crippen molar-refractivity contribution >= 4 is 23.3 Å². The van der Waals surface area contributed by atoms with E-state index in [2.05, 4.69) is 44.3 Å². The SMILES string of the molecule is CCCCc1ncc(/C=C(/Cc2ccc(OC)cc2)c2nnn[nH]2)n1Cc1ccccc1Cl. The second kappa shape index (κ2) is 10.9. The standard InChI is InChI=1S/C25H27ClN6O/c1-3-4-9-24-27-16-21(32(24)17-19-7-5-6-8-23(19)26)15-20(25-28-30-31-29-25)14-18-10-12-22(33-2)13-11-18/h5-8,10-13,15-16H,3-4,9,14,17H2,1-2H3,(H,28,29,30,31)/b20-15-. The summed E-state index contributed by atoms with van der Waals surface area (Å²) < 4.78 is 7.51. The summed E-state index contributed by atoms with van der Waals surface area (Å²) in [5.74, 6) is 2.50. The third kappa shape index (κ3) is 5.68. The van der Waals surface area contributed by atoms with Crippen molar-refractivity contribution in [3.8, 4) is 5.75 Å². The second-order valence-electron chi connectivity index (χ2n) is 7.82. The molecule has 2 heterocycles. The van der Waals surface area contributed by atoms with E-state index in [4.69, 9.17) is 21.3 Å². The van der Waals surface area contributed by atoms with Crippen molar-refractivity contribution in [2.45, 2.75) is 39.2 Å². The van der Waals surface area contributed by atoms with Crippen LogP contribution >= 0.6 is 11.6 Å². The van der Waals surface area contributed by atoms with Crippen molar-refractivity contribution in [1.29, 1.82) is 0 Å². The van der Waals surface area contributed by atoms with Crippen LogP contribution in [0.5, 0.6) is 5.75 Å². The molecule has 0 amide bonds. The molecular weight excluding hydrogens is 436 g/mol. The molecule has 0 fully saturated rings. The maximum atomic E-state index is 6.48. The first-order valence-electron chi connectivity index (χ1n) is 11.0. The van der Waals surface area contributed by atoms with Crippen LogP contribution in [-0.4, -0.2) is 37.3 Å². The van der Waals surface area contributed by atoms with E-state index in [1.54, 1.807) is 7.11 Å². The molecule has 0 aliphatic carbocycles. The zero-order valence-electron chi connectivity index (χ0n) is 18.8. The number of H-pyrrole nitrogens is 1. The highest BCUT2D eigenvalue weighted by Crippen LogP contribution is 2.24. The number of aromatic amines is 1. The van der Waals surface area contributed by atoms with Crippen LogP contribution in [0.1, 0.15) is 48.2 Å². The highest BCUT2D eigenvalue weighted by atomic mass is 35.5. The molecule has 0 unspecified atom stereocenters. The lowest BCUT2D eigenvalue weighted by molar-refractivity contribution is 0.414. The van der Waals surface area contributed by atoms with Gasteiger partial charge in [-0.25, -0.2) is 10.1 Å². The molecule has 4 rings (SSSR count). The molecule has 8 heteroatoms. The van der Waals surface area contributed by atoms with E-state index in [9.17, 15) is 0 Å². The Morgan fingerprint density at radius 2 is 1.97 bits per heavy atom. The van der Waals surface area contributed by atoms with Gasteiger partial charge in [0.1, 0.15) is 11.6 Å². The zero-order chi connectivity index (χ0) is 23.0. The van der Waals surface area contributed by atoms with Gasteiger partial charge in [0.2, 0.25) is 0 Å². The number of hydrogen-bond acceptors (Lipinski definition) is 5. The number of ether oxygens (including phenoxy) is 1. The summed E-state index contributed by atoms with van der Waals surface area (Å²) in [6.07, 6.45) is 7.77. The van der Waals surface area contributed by atoms with E-state index in [-0.39, 0.29) is 0 Å². The summed E-state index contributed by atoms with van der Waals surface area (Å²) in [5, 5.41) is 15.4. The average Bonchev–Trinajstić information content (AvgIpc) is 3.50. The van der Waals surface area contributed by atoms with Gasteiger partial charge in [-0.2, -0.15) is 0 Å². The maximum absolute atomic E-state index is 6.48. The van der Waals surface area contributed by atoms with Crippen LogP contribution in [0.4, 0.5) is 0 Å². The van der Waals surface area contributed by atoms with Crippen molar-refractivity contribution in [3.63, 3.8) is 0 Å². The molecule has 4 aromatic rings. The smallest absolute Gasteiger partial charge is 0.175 e. The molecule has 2 aromatic heterocycles. The molecule has 170 valence electrons. The third-order valence-corrected chi connectivity index (χ3v) is 5.90. The number of allylic oxidation sites excluding steroid dienone is 1. The Morgan fingerprint density at radius 3 is 2.67 bits per heavy atom. The molecule has 0 radical (unpaired) electrons. The number of aromatic nitrogens is 6. The summed E-state index contributed by atoms with van der Waals surface area (Å²) in [6.45, 7) is 2.83.